The predicted octanol–water partition coefficient (Wildman–Crippen LogP) is 3.47. The Morgan fingerprint density at radius 2 is 1.86 bits per heavy atom. The molecule has 0 bridgehead atoms. The Kier molecular flexibility index (Phi) is 7.88. The number of nitrogens with two attached hydrogens (primary N) is 1. The number of aromatic hydroxyl groups is 1. The van der Waals surface area contributed by atoms with Crippen molar-refractivity contribution in [2.75, 3.05) is 23.3 Å². The smallest absolute Gasteiger partial charge is 0.263 e. The Hall–Kier alpha value is -4.13. The minimum atomic E-state index is -0.893. The molecule has 0 aliphatic carbocycles. The standard InChI is InChI=1S/C28H29Cl2N7O5/c1-13-9-36(10-14(2)42-13)22-7-21(20(30)8-32-22)34-23(38)12-37-11-18(24-27(37)33-15(3)35(4)28(24)41)16-5-17(26(31)40)25(39)19(29)6-16/h5-8,11,13-14,39H,9-10,12H2,1-4H3,(H2,31,40)(H,32,34,38)/t13-,14+. The number of hydrogen-bond acceptors (Lipinski definition) is 8. The third-order valence-electron chi connectivity index (χ3n) is 7.13. The van der Waals surface area contributed by atoms with Crippen LogP contribution in [0.4, 0.5) is 11.5 Å². The van der Waals surface area contributed by atoms with Crippen LogP contribution in [0.3, 0.4) is 0 Å². The number of halogens is 2. The minimum absolute atomic E-state index is 0.0201. The molecule has 1 aliphatic rings. The largest absolute Gasteiger partial charge is 0.506 e. The zero-order valence-electron chi connectivity index (χ0n) is 23.3. The maximum Gasteiger partial charge on any atom is 0.263 e. The monoisotopic (exact) mass is 613 g/mol. The molecular weight excluding hydrogens is 585 g/mol. The molecule has 0 radical (unpaired) electrons. The maximum absolute atomic E-state index is 13.4. The zero-order chi connectivity index (χ0) is 30.5. The van der Waals surface area contributed by atoms with Crippen molar-refractivity contribution in [3.63, 3.8) is 0 Å². The molecule has 1 fully saturated rings. The fraction of sp³-hybridized carbons (Fsp3) is 0.321. The first-order valence-corrected chi connectivity index (χ1v) is 13.8. The molecule has 1 aliphatic heterocycles. The van der Waals surface area contributed by atoms with E-state index in [0.29, 0.717) is 41.5 Å². The van der Waals surface area contributed by atoms with Crippen LogP contribution in [0.25, 0.3) is 22.2 Å². The van der Waals surface area contributed by atoms with Crippen molar-refractivity contribution in [2.24, 2.45) is 12.8 Å². The summed E-state index contributed by atoms with van der Waals surface area (Å²) in [5, 5.41) is 13.4. The normalized spacial score (nSPS) is 17.0. The highest BCUT2D eigenvalue weighted by atomic mass is 35.5. The molecule has 0 saturated carbocycles. The SMILES string of the molecule is Cc1nc2c(c(-c3cc(Cl)c(O)c(C(N)=O)c3)cn2CC(=O)Nc2cc(N3C[C@@H](C)O[C@@H](C)C3)ncc2Cl)c(=O)n1C. The highest BCUT2D eigenvalue weighted by molar-refractivity contribution is 6.34. The summed E-state index contributed by atoms with van der Waals surface area (Å²) in [7, 11) is 1.58. The highest BCUT2D eigenvalue weighted by Crippen LogP contribution is 2.36. The van der Waals surface area contributed by atoms with E-state index in [1.165, 1.54) is 27.5 Å². The molecule has 1 aromatic carbocycles. The molecule has 42 heavy (non-hydrogen) atoms. The van der Waals surface area contributed by atoms with Gasteiger partial charge < -0.3 is 30.4 Å². The van der Waals surface area contributed by atoms with Gasteiger partial charge in [0.2, 0.25) is 5.91 Å². The van der Waals surface area contributed by atoms with Crippen LogP contribution in [0.2, 0.25) is 10.0 Å². The van der Waals surface area contributed by atoms with Gasteiger partial charge in [-0.2, -0.15) is 0 Å². The summed E-state index contributed by atoms with van der Waals surface area (Å²) in [4.78, 5) is 49.7. The van der Waals surface area contributed by atoms with E-state index >= 15 is 0 Å². The molecule has 1 saturated heterocycles. The molecule has 5 rings (SSSR count). The van der Waals surface area contributed by atoms with E-state index in [4.69, 9.17) is 33.7 Å². The number of ether oxygens (including phenoxy) is 1. The van der Waals surface area contributed by atoms with Gasteiger partial charge in [0.1, 0.15) is 29.6 Å². The number of phenols is 1. The van der Waals surface area contributed by atoms with Gasteiger partial charge in [-0.3, -0.25) is 19.0 Å². The lowest BCUT2D eigenvalue weighted by atomic mass is 10.0. The van der Waals surface area contributed by atoms with Crippen LogP contribution in [-0.4, -0.2) is 61.3 Å². The number of benzene rings is 1. The van der Waals surface area contributed by atoms with E-state index in [9.17, 15) is 19.5 Å². The van der Waals surface area contributed by atoms with Gasteiger partial charge in [-0.25, -0.2) is 9.97 Å². The second-order valence-electron chi connectivity index (χ2n) is 10.3. The van der Waals surface area contributed by atoms with Gasteiger partial charge in [0.25, 0.3) is 11.5 Å². The molecule has 4 heterocycles. The first-order chi connectivity index (χ1) is 19.8. The Morgan fingerprint density at radius 3 is 2.52 bits per heavy atom. The summed E-state index contributed by atoms with van der Waals surface area (Å²) in [6, 6.07) is 4.47. The summed E-state index contributed by atoms with van der Waals surface area (Å²) in [6.07, 6.45) is 3.10. The molecule has 14 heteroatoms. The number of carbonyl (C=O) groups excluding carboxylic acids is 2. The Bertz CT molecular complexity index is 1790. The van der Waals surface area contributed by atoms with Crippen molar-refractivity contribution in [2.45, 2.75) is 39.5 Å². The van der Waals surface area contributed by atoms with Crippen molar-refractivity contribution in [1.82, 2.24) is 19.1 Å². The second-order valence-corrected chi connectivity index (χ2v) is 11.2. The Morgan fingerprint density at radius 1 is 1.17 bits per heavy atom. The van der Waals surface area contributed by atoms with Gasteiger partial charge in [0.15, 0.2) is 0 Å². The first kappa shape index (κ1) is 29.4. The highest BCUT2D eigenvalue weighted by Gasteiger charge is 2.25. The molecular formula is C28H29Cl2N7O5. The maximum atomic E-state index is 13.4. The number of carbonyl (C=O) groups is 2. The molecule has 4 aromatic rings. The van der Waals surface area contributed by atoms with Gasteiger partial charge in [-0.05, 0) is 38.5 Å². The molecule has 4 N–H and O–H groups in total. The van der Waals surface area contributed by atoms with Gasteiger partial charge in [-0.15, -0.1) is 0 Å². The number of pyridine rings is 1. The molecule has 12 nitrogen and oxygen atoms in total. The lowest BCUT2D eigenvalue weighted by Gasteiger charge is -2.36. The van der Waals surface area contributed by atoms with Gasteiger partial charge >= 0.3 is 0 Å². The van der Waals surface area contributed by atoms with Crippen LogP contribution in [0.15, 0.2) is 35.4 Å². The van der Waals surface area contributed by atoms with Crippen molar-refractivity contribution in [3.8, 4) is 16.9 Å². The van der Waals surface area contributed by atoms with E-state index in [0.717, 1.165) is 0 Å². The van der Waals surface area contributed by atoms with E-state index in [1.54, 1.807) is 26.2 Å². The van der Waals surface area contributed by atoms with Crippen LogP contribution in [0, 0.1) is 6.92 Å². The summed E-state index contributed by atoms with van der Waals surface area (Å²) >= 11 is 12.6. The van der Waals surface area contributed by atoms with Gasteiger partial charge in [0.05, 0.1) is 45.1 Å². The van der Waals surface area contributed by atoms with E-state index in [1.807, 2.05) is 13.8 Å². The zero-order valence-corrected chi connectivity index (χ0v) is 24.8. The number of morpholine rings is 1. The summed E-state index contributed by atoms with van der Waals surface area (Å²) in [5.74, 6) is -0.706. The molecule has 2 atom stereocenters. The van der Waals surface area contributed by atoms with Crippen LogP contribution < -0.4 is 21.5 Å². The molecule has 220 valence electrons. The number of fused-ring (bicyclic) bond motifs is 1. The molecule has 3 aromatic heterocycles. The molecule has 2 amide bonds. The number of nitrogens with zero attached hydrogens (tertiary/aromatic N) is 5. The van der Waals surface area contributed by atoms with Gasteiger partial charge in [-0.1, -0.05) is 23.2 Å². The van der Waals surface area contributed by atoms with Crippen molar-refractivity contribution in [1.29, 1.82) is 0 Å². The molecule has 0 unspecified atom stereocenters. The minimum Gasteiger partial charge on any atom is -0.506 e. The van der Waals surface area contributed by atoms with Crippen molar-refractivity contribution in [3.05, 3.63) is 62.4 Å². The topological polar surface area (TPSA) is 158 Å². The second kappa shape index (κ2) is 11.3. The number of primary amides is 1. The van der Waals surface area contributed by atoms with Crippen LogP contribution in [-0.2, 0) is 23.1 Å². The first-order valence-electron chi connectivity index (χ1n) is 13.1. The predicted molar refractivity (Wildman–Crippen MR) is 160 cm³/mol. The number of amides is 2. The van der Waals surface area contributed by atoms with Crippen molar-refractivity contribution >= 4 is 57.6 Å². The Labute approximate surface area is 250 Å². The average molecular weight is 614 g/mol. The summed E-state index contributed by atoms with van der Waals surface area (Å²) in [5.41, 5.74) is 6.18. The van der Waals surface area contributed by atoms with E-state index in [2.05, 4.69) is 20.2 Å². The fourth-order valence-electron chi connectivity index (χ4n) is 5.11. The number of anilines is 2. The lowest BCUT2D eigenvalue weighted by Crippen LogP contribution is -2.45. The average Bonchev–Trinajstić information content (AvgIpc) is 3.26. The molecule has 0 spiro atoms. The summed E-state index contributed by atoms with van der Waals surface area (Å²) in [6.45, 7) is 6.71. The Balaban J connectivity index is 1.52. The number of aryl methyl sites for hydroxylation is 1. The fourth-order valence-corrected chi connectivity index (χ4v) is 5.48. The quantitative estimate of drug-likeness (QED) is 0.298. The third kappa shape index (κ3) is 5.52. The number of hydrogen-bond donors (Lipinski definition) is 3. The lowest BCUT2D eigenvalue weighted by molar-refractivity contribution is -0.116. The number of rotatable bonds is 6. The van der Waals surface area contributed by atoms with Gasteiger partial charge in [0, 0.05) is 38.0 Å². The van der Waals surface area contributed by atoms with Crippen LogP contribution in [0.1, 0.15) is 30.0 Å². The number of aromatic nitrogens is 4. The van der Waals surface area contributed by atoms with Crippen LogP contribution in [0.5, 0.6) is 5.75 Å². The third-order valence-corrected chi connectivity index (χ3v) is 7.72. The summed E-state index contributed by atoms with van der Waals surface area (Å²) < 4.78 is 8.71. The van der Waals surface area contributed by atoms with E-state index in [-0.39, 0.29) is 51.0 Å². The number of nitrogens with one attached hydrogen (secondary N) is 1. The van der Waals surface area contributed by atoms with Crippen LogP contribution >= 0.6 is 23.2 Å². The van der Waals surface area contributed by atoms with E-state index < -0.39 is 17.6 Å². The van der Waals surface area contributed by atoms with Crippen molar-refractivity contribution < 1.29 is 19.4 Å².